The number of allylic oxidation sites excluding steroid dienone is 1. The molecule has 1 aromatic rings. The van der Waals surface area contributed by atoms with E-state index < -0.39 is 0 Å². The van der Waals surface area contributed by atoms with Gasteiger partial charge in [-0.2, -0.15) is 0 Å². The third-order valence-electron chi connectivity index (χ3n) is 6.90. The Labute approximate surface area is 180 Å². The van der Waals surface area contributed by atoms with Gasteiger partial charge in [0.1, 0.15) is 0 Å². The Morgan fingerprint density at radius 3 is 2.17 bits per heavy atom. The number of piperazine rings is 1. The van der Waals surface area contributed by atoms with Crippen molar-refractivity contribution >= 4 is 17.4 Å². The quantitative estimate of drug-likeness (QED) is 0.696. The van der Waals surface area contributed by atoms with Crippen LogP contribution in [0.3, 0.4) is 0 Å². The smallest absolute Gasteiger partial charge is 0.236 e. The molecule has 2 fully saturated rings. The zero-order valence-corrected chi connectivity index (χ0v) is 18.6. The normalized spacial score (nSPS) is 23.2. The molecule has 1 aromatic carbocycles. The van der Waals surface area contributed by atoms with Crippen molar-refractivity contribution in [2.24, 2.45) is 0 Å². The number of carbonyl (C=O) groups excluding carboxylic acids is 2. The molecule has 0 spiro atoms. The first-order chi connectivity index (χ1) is 14.4. The molecule has 0 aliphatic carbocycles. The third-order valence-corrected chi connectivity index (χ3v) is 6.90. The summed E-state index contributed by atoms with van der Waals surface area (Å²) in [6, 6.07) is 8.38. The highest BCUT2D eigenvalue weighted by molar-refractivity contribution is 5.94. The molecule has 3 heterocycles. The van der Waals surface area contributed by atoms with Gasteiger partial charge in [-0.3, -0.25) is 19.4 Å². The maximum Gasteiger partial charge on any atom is 0.236 e. The second-order valence-corrected chi connectivity index (χ2v) is 9.34. The molecule has 30 heavy (non-hydrogen) atoms. The third kappa shape index (κ3) is 4.16. The fraction of sp³-hybridized carbons (Fsp3) is 0.583. The van der Waals surface area contributed by atoms with E-state index in [9.17, 15) is 9.59 Å². The van der Waals surface area contributed by atoms with Crippen LogP contribution in [0.15, 0.2) is 36.0 Å². The molecule has 0 saturated carbocycles. The average Bonchev–Trinajstić information content (AvgIpc) is 3.33. The number of ketones is 1. The van der Waals surface area contributed by atoms with Crippen LogP contribution in [-0.4, -0.2) is 85.8 Å². The van der Waals surface area contributed by atoms with Crippen molar-refractivity contribution in [2.75, 3.05) is 64.3 Å². The Hall–Kier alpha value is -2.18. The van der Waals surface area contributed by atoms with Crippen LogP contribution in [0.5, 0.6) is 0 Å². The van der Waals surface area contributed by atoms with E-state index in [0.29, 0.717) is 13.1 Å². The molecule has 0 bridgehead atoms. The van der Waals surface area contributed by atoms with E-state index in [0.717, 1.165) is 57.8 Å². The fourth-order valence-electron chi connectivity index (χ4n) is 5.04. The lowest BCUT2D eigenvalue weighted by molar-refractivity contribution is -0.132. The van der Waals surface area contributed by atoms with E-state index in [-0.39, 0.29) is 17.1 Å². The highest BCUT2D eigenvalue weighted by atomic mass is 16.2. The average molecular weight is 411 g/mol. The Morgan fingerprint density at radius 1 is 0.933 bits per heavy atom. The van der Waals surface area contributed by atoms with Crippen LogP contribution in [0.25, 0.3) is 0 Å². The minimum Gasteiger partial charge on any atom is -0.347 e. The summed E-state index contributed by atoms with van der Waals surface area (Å²) in [7, 11) is 2.04. The van der Waals surface area contributed by atoms with Crippen LogP contribution in [0.4, 0.5) is 5.69 Å². The van der Waals surface area contributed by atoms with Crippen LogP contribution < -0.4 is 4.90 Å². The number of hydrogen-bond acceptors (Lipinski definition) is 5. The van der Waals surface area contributed by atoms with Crippen molar-refractivity contribution in [3.63, 3.8) is 0 Å². The van der Waals surface area contributed by atoms with Crippen molar-refractivity contribution in [3.05, 3.63) is 41.6 Å². The van der Waals surface area contributed by atoms with Gasteiger partial charge in [0.25, 0.3) is 0 Å². The van der Waals surface area contributed by atoms with Crippen LogP contribution in [0, 0.1) is 0 Å². The molecule has 0 radical (unpaired) electrons. The molecular formula is C24H34N4O2. The molecule has 0 atom stereocenters. The number of likely N-dealkylation sites (N-methyl/N-ethyl adjacent to an activating group) is 1. The predicted molar refractivity (Wildman–Crippen MR) is 120 cm³/mol. The number of carbonyl (C=O) groups is 2. The van der Waals surface area contributed by atoms with Gasteiger partial charge in [-0.15, -0.1) is 0 Å². The van der Waals surface area contributed by atoms with Crippen LogP contribution >= 0.6 is 0 Å². The lowest BCUT2D eigenvalue weighted by Gasteiger charge is -2.34. The van der Waals surface area contributed by atoms with Gasteiger partial charge in [0.15, 0.2) is 5.78 Å². The van der Waals surface area contributed by atoms with Gasteiger partial charge in [0, 0.05) is 69.2 Å². The van der Waals surface area contributed by atoms with Crippen molar-refractivity contribution in [1.29, 1.82) is 0 Å². The first-order valence-electron chi connectivity index (χ1n) is 11.2. The van der Waals surface area contributed by atoms with Gasteiger partial charge >= 0.3 is 0 Å². The highest BCUT2D eigenvalue weighted by Crippen LogP contribution is 2.46. The summed E-state index contributed by atoms with van der Waals surface area (Å²) in [4.78, 5) is 33.8. The lowest BCUT2D eigenvalue weighted by Crippen LogP contribution is -2.50. The SMILES string of the molecule is CN1/C(=C\C(=O)CN2CCN(CC(=O)N3CCCC3)CC2)C(C)(C)c2ccccc21. The molecule has 6 nitrogen and oxygen atoms in total. The van der Waals surface area contributed by atoms with Gasteiger partial charge in [-0.25, -0.2) is 0 Å². The van der Waals surface area contributed by atoms with E-state index in [1.54, 1.807) is 0 Å². The number of hydrogen-bond donors (Lipinski definition) is 0. The molecule has 3 aliphatic heterocycles. The van der Waals surface area contributed by atoms with Crippen molar-refractivity contribution in [3.8, 4) is 0 Å². The molecule has 2 saturated heterocycles. The summed E-state index contributed by atoms with van der Waals surface area (Å²) in [6.07, 6.45) is 4.10. The number of nitrogens with zero attached hydrogens (tertiary/aromatic N) is 4. The summed E-state index contributed by atoms with van der Waals surface area (Å²) in [5.74, 6) is 0.409. The maximum absolute atomic E-state index is 12.9. The van der Waals surface area contributed by atoms with E-state index >= 15 is 0 Å². The summed E-state index contributed by atoms with van der Waals surface area (Å²) in [5, 5.41) is 0. The molecule has 6 heteroatoms. The lowest BCUT2D eigenvalue weighted by atomic mass is 9.83. The first kappa shape index (κ1) is 21.1. The number of para-hydroxylation sites is 1. The second-order valence-electron chi connectivity index (χ2n) is 9.34. The number of benzene rings is 1. The standard InChI is InChI=1S/C24H34N4O2/c1-24(2)20-8-4-5-9-21(20)25(3)22(24)16-19(29)17-26-12-14-27(15-13-26)18-23(30)28-10-6-7-11-28/h4-5,8-9,16H,6-7,10-15,17-18H2,1-3H3/b22-16-. The summed E-state index contributed by atoms with van der Waals surface area (Å²) in [6.45, 7) is 10.5. The minimum atomic E-state index is -0.171. The number of amides is 1. The Kier molecular flexibility index (Phi) is 5.98. The number of rotatable bonds is 5. The van der Waals surface area contributed by atoms with Crippen molar-refractivity contribution < 1.29 is 9.59 Å². The Balaban J connectivity index is 1.31. The monoisotopic (exact) mass is 410 g/mol. The fourth-order valence-corrected chi connectivity index (χ4v) is 5.04. The minimum absolute atomic E-state index is 0.152. The van der Waals surface area contributed by atoms with E-state index in [2.05, 4.69) is 46.7 Å². The van der Waals surface area contributed by atoms with Gasteiger partial charge in [-0.05, 0) is 24.5 Å². The van der Waals surface area contributed by atoms with E-state index in [4.69, 9.17) is 0 Å². The predicted octanol–water partition coefficient (Wildman–Crippen LogP) is 2.11. The molecule has 0 unspecified atom stereocenters. The van der Waals surface area contributed by atoms with Crippen LogP contribution in [0.1, 0.15) is 32.3 Å². The van der Waals surface area contributed by atoms with Gasteiger partial charge < -0.3 is 9.80 Å². The summed E-state index contributed by atoms with van der Waals surface area (Å²) >= 11 is 0. The topological polar surface area (TPSA) is 47.1 Å². The first-order valence-corrected chi connectivity index (χ1v) is 11.2. The zero-order valence-electron chi connectivity index (χ0n) is 18.6. The Morgan fingerprint density at radius 2 is 1.53 bits per heavy atom. The summed E-state index contributed by atoms with van der Waals surface area (Å²) in [5.41, 5.74) is 3.33. The van der Waals surface area contributed by atoms with Gasteiger partial charge in [0.05, 0.1) is 13.1 Å². The molecule has 0 N–H and O–H groups in total. The molecule has 3 aliphatic rings. The largest absolute Gasteiger partial charge is 0.347 e. The molecule has 0 aromatic heterocycles. The highest BCUT2D eigenvalue weighted by Gasteiger charge is 2.38. The zero-order chi connectivity index (χ0) is 21.3. The summed E-state index contributed by atoms with van der Waals surface area (Å²) < 4.78 is 0. The molecule has 162 valence electrons. The molecule has 1 amide bonds. The number of anilines is 1. The van der Waals surface area contributed by atoms with Gasteiger partial charge in [-0.1, -0.05) is 32.0 Å². The molecule has 4 rings (SSSR count). The van der Waals surface area contributed by atoms with Crippen LogP contribution in [-0.2, 0) is 15.0 Å². The Bertz CT molecular complexity index is 833. The van der Waals surface area contributed by atoms with Crippen molar-refractivity contribution in [1.82, 2.24) is 14.7 Å². The molecular weight excluding hydrogens is 376 g/mol. The number of likely N-dealkylation sites (tertiary alicyclic amines) is 1. The van der Waals surface area contributed by atoms with E-state index in [1.165, 1.54) is 11.3 Å². The second kappa shape index (κ2) is 8.52. The maximum atomic E-state index is 12.9. The number of fused-ring (bicyclic) bond motifs is 1. The van der Waals surface area contributed by atoms with Gasteiger partial charge in [0.2, 0.25) is 5.91 Å². The van der Waals surface area contributed by atoms with E-state index in [1.807, 2.05) is 24.1 Å². The van der Waals surface area contributed by atoms with Crippen LogP contribution in [0.2, 0.25) is 0 Å². The van der Waals surface area contributed by atoms with Crippen molar-refractivity contribution in [2.45, 2.75) is 32.1 Å².